The molecular weight excluding hydrogens is 601 g/mol. The van der Waals surface area contributed by atoms with E-state index in [1.807, 2.05) is 39.0 Å². The fraction of sp³-hybridized carbons (Fsp3) is 0.775. The van der Waals surface area contributed by atoms with Crippen LogP contribution in [0.25, 0.3) is 10.1 Å². The zero-order chi connectivity index (χ0) is 39.5. The molecule has 7 heteroatoms. The SMILES string of the molecule is [2H]C1([2H])N(c2nsc3cccc(C)c23)C([2H])([2H])[C@@]([2H])(C(C)[C@@H]2CCC(C)C(C)(C)[C@H]2C(C)N2C(=O)[C@@H]3[C@H]4C(C)C(C)C([C@@H]3C2=O)C4(C)C)N(C)C1([2H])C. The molecule has 7 unspecified atom stereocenters. The van der Waals surface area contributed by atoms with Crippen molar-refractivity contribution in [3.05, 3.63) is 23.8 Å². The van der Waals surface area contributed by atoms with E-state index in [9.17, 15) is 17.8 Å². The maximum Gasteiger partial charge on any atom is 0.233 e. The summed E-state index contributed by atoms with van der Waals surface area (Å²) in [5.74, 6) is -0.835. The quantitative estimate of drug-likeness (QED) is 0.303. The van der Waals surface area contributed by atoms with Crippen molar-refractivity contribution in [3.63, 3.8) is 0 Å². The van der Waals surface area contributed by atoms with Crippen LogP contribution < -0.4 is 4.90 Å². The number of hydrogen-bond acceptors (Lipinski definition) is 6. The predicted molar refractivity (Wildman–Crippen MR) is 193 cm³/mol. The molecule has 13 atom stereocenters. The number of aromatic nitrogens is 1. The highest BCUT2D eigenvalue weighted by atomic mass is 32.1. The third kappa shape index (κ3) is 4.60. The van der Waals surface area contributed by atoms with Crippen molar-refractivity contribution in [1.82, 2.24) is 14.2 Å². The van der Waals surface area contributed by atoms with Gasteiger partial charge in [0.25, 0.3) is 0 Å². The van der Waals surface area contributed by atoms with E-state index in [0.717, 1.165) is 33.1 Å². The number of hydrogen-bond donors (Lipinski definition) is 0. The van der Waals surface area contributed by atoms with Gasteiger partial charge in [-0.05, 0) is 122 Å². The van der Waals surface area contributed by atoms with Crippen LogP contribution in [0.5, 0.6) is 0 Å². The van der Waals surface area contributed by atoms with Crippen molar-refractivity contribution in [2.45, 2.75) is 107 Å². The number of fused-ring (bicyclic) bond motifs is 6. The first-order valence-corrected chi connectivity index (χ1v) is 18.8. The molecule has 1 aromatic heterocycles. The zero-order valence-electron chi connectivity index (χ0n) is 36.5. The Balaban J connectivity index is 1.33. The Kier molecular flexibility index (Phi) is 6.43. The third-order valence-corrected chi connectivity index (χ3v) is 15.5. The van der Waals surface area contributed by atoms with Gasteiger partial charge in [-0.3, -0.25) is 19.4 Å². The number of imide groups is 1. The van der Waals surface area contributed by atoms with Crippen LogP contribution in [0.15, 0.2) is 18.2 Å². The van der Waals surface area contributed by atoms with Gasteiger partial charge in [-0.2, -0.15) is 4.37 Å². The lowest BCUT2D eigenvalue weighted by molar-refractivity contribution is -0.150. The summed E-state index contributed by atoms with van der Waals surface area (Å²) in [4.78, 5) is 33.3. The maximum absolute atomic E-state index is 14.7. The number of aryl methyl sites for hydroxylation is 1. The number of rotatable bonds is 5. The number of carbonyl (C=O) groups is 2. The van der Waals surface area contributed by atoms with Gasteiger partial charge in [0.05, 0.1) is 22.0 Å². The number of carbonyl (C=O) groups excluding carboxylic acids is 2. The molecular formula is C40H60N4O2S. The predicted octanol–water partition coefficient (Wildman–Crippen LogP) is 7.99. The largest absolute Gasteiger partial charge is 0.352 e. The standard InChI is InChI=1S/C40H60N4O2S/c1-20-14-13-15-29-30(20)36(41-47-29)43-18-22(3)42(12)28(19-43)25(6)27-17-16-21(2)39(8,9)35(27)26(7)44-37(45)31-32(38(44)46)34-24(5)23(4)33(31)40(34,10)11/h13-15,21-28,31-35H,16-19H2,1-12H3/t21?,22?,23?,24?,25?,26?,27-,28-,31-,32+,33+,34?,35-/m0/s1/i18D2,19D2,22D,28D. The fourth-order valence-electron chi connectivity index (χ4n) is 11.9. The number of anilines is 1. The smallest absolute Gasteiger partial charge is 0.233 e. The first-order valence-electron chi connectivity index (χ1n) is 21.0. The Bertz CT molecular complexity index is 1810. The topological polar surface area (TPSA) is 56.8 Å². The Morgan fingerprint density at radius 2 is 1.57 bits per heavy atom. The molecule has 3 heterocycles. The summed E-state index contributed by atoms with van der Waals surface area (Å²) < 4.78 is 64.0. The summed E-state index contributed by atoms with van der Waals surface area (Å²) in [7, 11) is 1.51. The molecule has 5 aliphatic rings. The van der Waals surface area contributed by atoms with Gasteiger partial charge in [-0.25, -0.2) is 0 Å². The molecule has 258 valence electrons. The summed E-state index contributed by atoms with van der Waals surface area (Å²) in [5.41, 5.74) is 0.333. The number of benzene rings is 1. The Labute approximate surface area is 296 Å². The second-order valence-electron chi connectivity index (χ2n) is 17.3. The van der Waals surface area contributed by atoms with E-state index >= 15 is 0 Å². The van der Waals surface area contributed by atoms with E-state index in [0.29, 0.717) is 23.6 Å². The van der Waals surface area contributed by atoms with Gasteiger partial charge in [0.1, 0.15) is 0 Å². The third-order valence-electron chi connectivity index (χ3n) is 14.7. The van der Waals surface area contributed by atoms with E-state index in [2.05, 4.69) is 52.8 Å². The molecule has 7 rings (SSSR count). The first kappa shape index (κ1) is 26.8. The van der Waals surface area contributed by atoms with Crippen molar-refractivity contribution in [1.29, 1.82) is 0 Å². The van der Waals surface area contributed by atoms with Gasteiger partial charge in [0.15, 0.2) is 5.82 Å². The summed E-state index contributed by atoms with van der Waals surface area (Å²) >= 11 is 1.16. The average molecular weight is 667 g/mol. The lowest BCUT2D eigenvalue weighted by atomic mass is 9.53. The highest BCUT2D eigenvalue weighted by Gasteiger charge is 2.73. The van der Waals surface area contributed by atoms with E-state index in [-0.39, 0.29) is 69.9 Å². The molecule has 1 aromatic carbocycles. The van der Waals surface area contributed by atoms with E-state index in [1.165, 1.54) is 18.9 Å². The molecule has 2 aliphatic heterocycles. The molecule has 3 saturated carbocycles. The van der Waals surface area contributed by atoms with Gasteiger partial charge in [-0.1, -0.05) is 67.5 Å². The molecule has 0 radical (unpaired) electrons. The Morgan fingerprint density at radius 1 is 0.957 bits per heavy atom. The van der Waals surface area contributed by atoms with Gasteiger partial charge in [-0.15, -0.1) is 0 Å². The second kappa shape index (κ2) is 11.3. The van der Waals surface area contributed by atoms with Crippen molar-refractivity contribution < 1.29 is 17.8 Å². The van der Waals surface area contributed by atoms with Crippen molar-refractivity contribution >= 4 is 39.3 Å². The summed E-state index contributed by atoms with van der Waals surface area (Å²) in [5, 5.41) is 0.622. The number of likely N-dealkylation sites (N-methyl/N-ethyl adjacent to an activating group) is 1. The number of piperazine rings is 1. The van der Waals surface area contributed by atoms with Crippen molar-refractivity contribution in [2.75, 3.05) is 24.9 Å². The Hall–Kier alpha value is -1.99. The molecule has 5 fully saturated rings. The van der Waals surface area contributed by atoms with Crippen LogP contribution >= 0.6 is 11.5 Å². The monoisotopic (exact) mass is 666 g/mol. The van der Waals surface area contributed by atoms with Crippen LogP contribution in [0.2, 0.25) is 0 Å². The number of likely N-dealkylation sites (tertiary alicyclic amines) is 1. The summed E-state index contributed by atoms with van der Waals surface area (Å²) in [6, 6.07) is 0.957. The summed E-state index contributed by atoms with van der Waals surface area (Å²) in [6.45, 7) is 17.5. The highest BCUT2D eigenvalue weighted by Crippen LogP contribution is 2.70. The van der Waals surface area contributed by atoms with E-state index < -0.39 is 37.0 Å². The maximum atomic E-state index is 14.7. The van der Waals surface area contributed by atoms with Gasteiger partial charge in [0.2, 0.25) is 11.8 Å². The molecule has 2 amide bonds. The van der Waals surface area contributed by atoms with Crippen LogP contribution in [0.3, 0.4) is 0 Å². The minimum absolute atomic E-state index is 0.0677. The van der Waals surface area contributed by atoms with E-state index in [4.69, 9.17) is 0 Å². The van der Waals surface area contributed by atoms with Crippen LogP contribution in [-0.4, -0.2) is 64.1 Å². The highest BCUT2D eigenvalue weighted by molar-refractivity contribution is 7.13. The molecule has 0 spiro atoms. The van der Waals surface area contributed by atoms with Gasteiger partial charge in [0, 0.05) is 39.2 Å². The van der Waals surface area contributed by atoms with Crippen molar-refractivity contribution in [3.8, 4) is 0 Å². The lowest BCUT2D eigenvalue weighted by Gasteiger charge is -2.56. The Morgan fingerprint density at radius 3 is 2.19 bits per heavy atom. The average Bonchev–Trinajstić information content (AvgIpc) is 3.71. The molecule has 3 aliphatic carbocycles. The second-order valence-corrected chi connectivity index (χ2v) is 18.1. The van der Waals surface area contributed by atoms with Crippen molar-refractivity contribution in [2.24, 2.45) is 70.0 Å². The fourth-order valence-corrected chi connectivity index (χ4v) is 12.8. The normalized spacial score (nSPS) is 48.3. The van der Waals surface area contributed by atoms with E-state index in [1.54, 1.807) is 4.90 Å². The first-order chi connectivity index (χ1) is 24.2. The lowest BCUT2D eigenvalue weighted by Crippen LogP contribution is -2.62. The van der Waals surface area contributed by atoms with Crippen LogP contribution in [0.4, 0.5) is 5.82 Å². The van der Waals surface area contributed by atoms with Gasteiger partial charge < -0.3 is 4.90 Å². The molecule has 2 bridgehead atoms. The summed E-state index contributed by atoms with van der Waals surface area (Å²) in [6.07, 6.45) is 1.48. The van der Waals surface area contributed by atoms with Crippen LogP contribution in [-0.2, 0) is 9.59 Å². The molecule has 2 saturated heterocycles. The molecule has 0 N–H and O–H groups in total. The number of amides is 2. The van der Waals surface area contributed by atoms with Crippen LogP contribution in [0, 0.1) is 76.9 Å². The zero-order valence-corrected chi connectivity index (χ0v) is 31.3. The minimum Gasteiger partial charge on any atom is -0.352 e. The van der Waals surface area contributed by atoms with Crippen LogP contribution in [0.1, 0.15) is 95.9 Å². The number of nitrogens with zero attached hydrogens (tertiary/aromatic N) is 4. The molecule has 2 aromatic rings. The molecule has 6 nitrogen and oxygen atoms in total. The minimum atomic E-state index is -2.66. The van der Waals surface area contributed by atoms with Gasteiger partial charge >= 0.3 is 0 Å². The molecule has 47 heavy (non-hydrogen) atoms.